The van der Waals surface area contributed by atoms with E-state index < -0.39 is 4.92 Å². The van der Waals surface area contributed by atoms with Crippen LogP contribution in [0.3, 0.4) is 0 Å². The van der Waals surface area contributed by atoms with Crippen molar-refractivity contribution in [1.82, 2.24) is 0 Å². The standard InChI is InChI=1S/C10H11NO2S/c1-2-14-10(8-11(12)13)9-6-4-3-5-7-9/h3-8H,2H2,1H3/b10-8-. The summed E-state index contributed by atoms with van der Waals surface area (Å²) in [6.45, 7) is 1.97. The zero-order chi connectivity index (χ0) is 10.4. The van der Waals surface area contributed by atoms with Gasteiger partial charge in [-0.25, -0.2) is 0 Å². The lowest BCUT2D eigenvalue weighted by molar-refractivity contribution is -0.401. The molecule has 0 N–H and O–H groups in total. The summed E-state index contributed by atoms with van der Waals surface area (Å²) in [6.07, 6.45) is 1.06. The Balaban J connectivity index is 2.94. The highest BCUT2D eigenvalue weighted by molar-refractivity contribution is 8.08. The SMILES string of the molecule is CCS/C(=C\[N+](=O)[O-])c1ccccc1. The summed E-state index contributed by atoms with van der Waals surface area (Å²) < 4.78 is 0. The summed E-state index contributed by atoms with van der Waals surface area (Å²) in [6, 6.07) is 9.39. The molecule has 0 fully saturated rings. The van der Waals surface area contributed by atoms with Crippen molar-refractivity contribution >= 4 is 16.7 Å². The molecule has 0 saturated carbocycles. The molecule has 0 amide bonds. The van der Waals surface area contributed by atoms with E-state index in [1.807, 2.05) is 37.3 Å². The van der Waals surface area contributed by atoms with E-state index in [4.69, 9.17) is 0 Å². The van der Waals surface area contributed by atoms with Gasteiger partial charge in [-0.2, -0.15) is 0 Å². The summed E-state index contributed by atoms with van der Waals surface area (Å²) in [7, 11) is 0. The molecular weight excluding hydrogens is 198 g/mol. The Labute approximate surface area is 87.0 Å². The number of hydrogen-bond donors (Lipinski definition) is 0. The van der Waals surface area contributed by atoms with E-state index >= 15 is 0 Å². The zero-order valence-corrected chi connectivity index (χ0v) is 8.66. The highest BCUT2D eigenvalue weighted by Crippen LogP contribution is 2.26. The largest absolute Gasteiger partial charge is 0.259 e. The van der Waals surface area contributed by atoms with Crippen LogP contribution in [0.15, 0.2) is 36.5 Å². The van der Waals surface area contributed by atoms with Gasteiger partial charge in [0.15, 0.2) is 0 Å². The van der Waals surface area contributed by atoms with Crippen molar-refractivity contribution in [3.05, 3.63) is 52.2 Å². The van der Waals surface area contributed by atoms with Crippen molar-refractivity contribution in [2.75, 3.05) is 5.75 Å². The van der Waals surface area contributed by atoms with Crippen molar-refractivity contribution in [2.24, 2.45) is 0 Å². The Hall–Kier alpha value is -1.29. The van der Waals surface area contributed by atoms with Crippen LogP contribution in [0.4, 0.5) is 0 Å². The molecule has 0 aliphatic heterocycles. The highest BCUT2D eigenvalue weighted by atomic mass is 32.2. The first kappa shape index (κ1) is 10.8. The monoisotopic (exact) mass is 209 g/mol. The molecule has 0 saturated heterocycles. The lowest BCUT2D eigenvalue weighted by Crippen LogP contribution is -1.88. The molecule has 74 valence electrons. The van der Waals surface area contributed by atoms with Gasteiger partial charge < -0.3 is 0 Å². The van der Waals surface area contributed by atoms with Gasteiger partial charge in [-0.3, -0.25) is 10.1 Å². The third-order valence-corrected chi connectivity index (χ3v) is 2.52. The fourth-order valence-corrected chi connectivity index (χ4v) is 1.82. The van der Waals surface area contributed by atoms with Crippen LogP contribution in [0.2, 0.25) is 0 Å². The minimum Gasteiger partial charge on any atom is -0.259 e. The Morgan fingerprint density at radius 1 is 1.50 bits per heavy atom. The van der Waals surface area contributed by atoms with Gasteiger partial charge in [0, 0.05) is 0 Å². The maximum Gasteiger partial charge on any atom is 0.248 e. The van der Waals surface area contributed by atoms with Crippen LogP contribution in [0.1, 0.15) is 12.5 Å². The minimum absolute atomic E-state index is 0.412. The molecule has 14 heavy (non-hydrogen) atoms. The molecule has 0 bridgehead atoms. The zero-order valence-electron chi connectivity index (χ0n) is 7.84. The van der Waals surface area contributed by atoms with Crippen molar-refractivity contribution in [3.63, 3.8) is 0 Å². The van der Waals surface area contributed by atoms with Crippen LogP contribution in [0.5, 0.6) is 0 Å². The lowest BCUT2D eigenvalue weighted by atomic mass is 10.2. The van der Waals surface area contributed by atoms with Crippen molar-refractivity contribution in [3.8, 4) is 0 Å². The first-order valence-corrected chi connectivity index (χ1v) is 5.26. The summed E-state index contributed by atoms with van der Waals surface area (Å²) in [5.74, 6) is 0.828. The van der Waals surface area contributed by atoms with Crippen LogP contribution in [0, 0.1) is 10.1 Å². The summed E-state index contributed by atoms with van der Waals surface area (Å²) in [5.41, 5.74) is 0.899. The number of nitro groups is 1. The molecule has 1 aromatic rings. The summed E-state index contributed by atoms with van der Waals surface area (Å²) in [5, 5.41) is 10.4. The second-order valence-corrected chi connectivity index (χ2v) is 3.88. The molecule has 0 radical (unpaired) electrons. The maximum atomic E-state index is 10.4. The first-order valence-electron chi connectivity index (χ1n) is 4.27. The molecule has 0 aliphatic carbocycles. The third-order valence-electron chi connectivity index (χ3n) is 1.58. The van der Waals surface area contributed by atoms with Gasteiger partial charge in [-0.1, -0.05) is 37.3 Å². The van der Waals surface area contributed by atoms with E-state index in [1.165, 1.54) is 11.8 Å². The quantitative estimate of drug-likeness (QED) is 0.565. The van der Waals surface area contributed by atoms with Gasteiger partial charge in [0.25, 0.3) is 0 Å². The fraction of sp³-hybridized carbons (Fsp3) is 0.200. The number of benzene rings is 1. The van der Waals surface area contributed by atoms with Crippen molar-refractivity contribution < 1.29 is 4.92 Å². The molecule has 0 unspecified atom stereocenters. The van der Waals surface area contributed by atoms with Crippen LogP contribution >= 0.6 is 11.8 Å². The molecule has 0 atom stereocenters. The molecule has 0 aromatic heterocycles. The Morgan fingerprint density at radius 3 is 2.64 bits per heavy atom. The predicted molar refractivity (Wildman–Crippen MR) is 59.5 cm³/mol. The van der Waals surface area contributed by atoms with E-state index in [1.54, 1.807) is 0 Å². The van der Waals surface area contributed by atoms with Crippen molar-refractivity contribution in [1.29, 1.82) is 0 Å². The maximum absolute atomic E-state index is 10.4. The Morgan fingerprint density at radius 2 is 2.14 bits per heavy atom. The fourth-order valence-electron chi connectivity index (χ4n) is 1.05. The molecule has 1 aromatic carbocycles. The van der Waals surface area contributed by atoms with E-state index in [-0.39, 0.29) is 0 Å². The second kappa shape index (κ2) is 5.44. The van der Waals surface area contributed by atoms with Crippen LogP contribution in [-0.4, -0.2) is 10.7 Å². The summed E-state index contributed by atoms with van der Waals surface area (Å²) >= 11 is 1.48. The van der Waals surface area contributed by atoms with E-state index in [9.17, 15) is 10.1 Å². The predicted octanol–water partition coefficient (Wildman–Crippen LogP) is 3.01. The normalized spacial score (nSPS) is 11.4. The third kappa shape index (κ3) is 3.22. The molecular formula is C10H11NO2S. The molecule has 3 nitrogen and oxygen atoms in total. The van der Waals surface area contributed by atoms with Crippen molar-refractivity contribution in [2.45, 2.75) is 6.92 Å². The van der Waals surface area contributed by atoms with Gasteiger partial charge in [-0.05, 0) is 11.3 Å². The molecule has 1 rings (SSSR count). The van der Waals surface area contributed by atoms with E-state index in [0.717, 1.165) is 17.5 Å². The topological polar surface area (TPSA) is 43.1 Å². The summed E-state index contributed by atoms with van der Waals surface area (Å²) in [4.78, 5) is 10.7. The number of hydrogen-bond acceptors (Lipinski definition) is 3. The minimum atomic E-state index is -0.412. The molecule has 0 heterocycles. The first-order chi connectivity index (χ1) is 6.74. The van der Waals surface area contributed by atoms with E-state index in [0.29, 0.717) is 4.91 Å². The van der Waals surface area contributed by atoms with Crippen LogP contribution in [0.25, 0.3) is 4.91 Å². The number of rotatable bonds is 4. The van der Waals surface area contributed by atoms with Gasteiger partial charge in [0.05, 0.1) is 9.83 Å². The van der Waals surface area contributed by atoms with Crippen LogP contribution in [-0.2, 0) is 0 Å². The Bertz CT molecular complexity index is 335. The van der Waals surface area contributed by atoms with Gasteiger partial charge in [-0.15, -0.1) is 11.8 Å². The second-order valence-electron chi connectivity index (χ2n) is 2.58. The molecule has 0 spiro atoms. The smallest absolute Gasteiger partial charge is 0.248 e. The van der Waals surface area contributed by atoms with Gasteiger partial charge in [0.2, 0.25) is 6.20 Å². The number of nitrogens with zero attached hydrogens (tertiary/aromatic N) is 1. The lowest BCUT2D eigenvalue weighted by Gasteiger charge is -2.01. The average molecular weight is 209 g/mol. The number of thioether (sulfide) groups is 1. The highest BCUT2D eigenvalue weighted by Gasteiger charge is 2.05. The van der Waals surface area contributed by atoms with Gasteiger partial charge >= 0.3 is 0 Å². The van der Waals surface area contributed by atoms with Gasteiger partial charge in [0.1, 0.15) is 0 Å². The van der Waals surface area contributed by atoms with Crippen LogP contribution < -0.4 is 0 Å². The molecule has 0 aliphatic rings. The Kier molecular flexibility index (Phi) is 4.19. The van der Waals surface area contributed by atoms with E-state index in [2.05, 4.69) is 0 Å². The molecule has 4 heteroatoms. The average Bonchev–Trinajstić information content (AvgIpc) is 2.18.